The van der Waals surface area contributed by atoms with E-state index in [9.17, 15) is 9.90 Å². The van der Waals surface area contributed by atoms with Crippen molar-refractivity contribution >= 4 is 17.4 Å². The molecule has 1 aromatic rings. The van der Waals surface area contributed by atoms with Gasteiger partial charge >= 0.3 is 6.03 Å². The number of hydrogen-bond donors (Lipinski definition) is 3. The van der Waals surface area contributed by atoms with Crippen LogP contribution in [0.4, 0.5) is 16.2 Å². The molecule has 2 rings (SSSR count). The van der Waals surface area contributed by atoms with Crippen LogP contribution in [-0.2, 0) is 0 Å². The van der Waals surface area contributed by atoms with Gasteiger partial charge in [-0.15, -0.1) is 0 Å². The molecule has 4 N–H and O–H groups in total. The number of phenolic OH excluding ortho intramolecular Hbond substituents is 1. The van der Waals surface area contributed by atoms with E-state index in [1.807, 2.05) is 0 Å². The third-order valence-corrected chi connectivity index (χ3v) is 2.92. The lowest BCUT2D eigenvalue weighted by atomic mass is 10.1. The van der Waals surface area contributed by atoms with Gasteiger partial charge in [-0.25, -0.2) is 4.79 Å². The van der Waals surface area contributed by atoms with Crippen LogP contribution in [0.15, 0.2) is 18.2 Å². The average molecular weight is 235 g/mol. The Bertz CT molecular complexity index is 414. The zero-order chi connectivity index (χ0) is 12.3. The highest BCUT2D eigenvalue weighted by atomic mass is 16.3. The first-order valence-corrected chi connectivity index (χ1v) is 5.81. The van der Waals surface area contributed by atoms with Gasteiger partial charge in [0.1, 0.15) is 5.75 Å². The summed E-state index contributed by atoms with van der Waals surface area (Å²) in [6.45, 7) is 1.59. The second kappa shape index (κ2) is 4.95. The number of nitrogen functional groups attached to an aromatic ring is 1. The summed E-state index contributed by atoms with van der Waals surface area (Å²) in [4.78, 5) is 13.7. The van der Waals surface area contributed by atoms with Crippen molar-refractivity contribution < 1.29 is 9.90 Å². The normalized spacial score (nSPS) is 15.6. The van der Waals surface area contributed by atoms with Crippen molar-refractivity contribution in [3.63, 3.8) is 0 Å². The number of carbonyl (C=O) groups is 1. The van der Waals surface area contributed by atoms with Crippen LogP contribution >= 0.6 is 0 Å². The maximum absolute atomic E-state index is 11.9. The molecule has 1 aliphatic heterocycles. The first kappa shape index (κ1) is 11.6. The fraction of sp³-hybridized carbons (Fsp3) is 0.417. The molecule has 0 saturated carbocycles. The second-order valence-corrected chi connectivity index (χ2v) is 4.25. The topological polar surface area (TPSA) is 78.6 Å². The highest BCUT2D eigenvalue weighted by Gasteiger charge is 2.16. The Morgan fingerprint density at radius 3 is 2.65 bits per heavy atom. The standard InChI is InChI=1S/C12H17N3O2/c13-10-8-9(16)4-5-11(10)14-12(17)15-6-2-1-3-7-15/h4-5,8,16H,1-3,6-7,13H2,(H,14,17). The van der Waals surface area contributed by atoms with Crippen LogP contribution < -0.4 is 11.1 Å². The molecule has 5 heteroatoms. The van der Waals surface area contributed by atoms with Crippen molar-refractivity contribution in [2.45, 2.75) is 19.3 Å². The molecule has 1 aromatic carbocycles. The molecule has 1 aliphatic rings. The summed E-state index contributed by atoms with van der Waals surface area (Å²) in [6, 6.07) is 4.41. The molecule has 17 heavy (non-hydrogen) atoms. The lowest BCUT2D eigenvalue weighted by Gasteiger charge is -2.27. The predicted molar refractivity (Wildman–Crippen MR) is 67.0 cm³/mol. The Balaban J connectivity index is 2.02. The van der Waals surface area contributed by atoms with Gasteiger partial charge < -0.3 is 21.1 Å². The SMILES string of the molecule is Nc1cc(O)ccc1NC(=O)N1CCCCC1. The molecule has 5 nitrogen and oxygen atoms in total. The number of amides is 2. The summed E-state index contributed by atoms with van der Waals surface area (Å²) in [5, 5.41) is 12.0. The summed E-state index contributed by atoms with van der Waals surface area (Å²) in [5.74, 6) is 0.0958. The minimum atomic E-state index is -0.123. The molecule has 0 bridgehead atoms. The maximum atomic E-state index is 11.9. The monoisotopic (exact) mass is 235 g/mol. The fourth-order valence-corrected chi connectivity index (χ4v) is 1.96. The number of hydrogen-bond acceptors (Lipinski definition) is 3. The molecule has 1 heterocycles. The van der Waals surface area contributed by atoms with Gasteiger partial charge in [0.25, 0.3) is 0 Å². The molecular weight excluding hydrogens is 218 g/mol. The van der Waals surface area contributed by atoms with Gasteiger partial charge in [-0.05, 0) is 31.4 Å². The molecule has 0 unspecified atom stereocenters. The fourth-order valence-electron chi connectivity index (χ4n) is 1.96. The smallest absolute Gasteiger partial charge is 0.321 e. The lowest BCUT2D eigenvalue weighted by molar-refractivity contribution is 0.200. The van der Waals surface area contributed by atoms with Gasteiger partial charge in [0.15, 0.2) is 0 Å². The summed E-state index contributed by atoms with van der Waals surface area (Å²) in [5.41, 5.74) is 6.62. The van der Waals surface area contributed by atoms with E-state index in [1.165, 1.54) is 18.6 Å². The van der Waals surface area contributed by atoms with Crippen LogP contribution in [-0.4, -0.2) is 29.1 Å². The van der Waals surface area contributed by atoms with E-state index in [-0.39, 0.29) is 11.8 Å². The van der Waals surface area contributed by atoms with E-state index in [2.05, 4.69) is 5.32 Å². The Labute approximate surface area is 100 Å². The van der Waals surface area contributed by atoms with Crippen molar-refractivity contribution in [1.82, 2.24) is 4.90 Å². The van der Waals surface area contributed by atoms with E-state index < -0.39 is 0 Å². The number of anilines is 2. The minimum absolute atomic E-state index is 0.0958. The molecule has 0 aromatic heterocycles. The van der Waals surface area contributed by atoms with Crippen molar-refractivity contribution in [2.24, 2.45) is 0 Å². The largest absolute Gasteiger partial charge is 0.508 e. The molecule has 0 radical (unpaired) electrons. The molecule has 2 amide bonds. The summed E-state index contributed by atoms with van der Waals surface area (Å²) in [6.07, 6.45) is 3.29. The van der Waals surface area contributed by atoms with Gasteiger partial charge in [-0.1, -0.05) is 0 Å². The van der Waals surface area contributed by atoms with E-state index in [4.69, 9.17) is 5.73 Å². The third kappa shape index (κ3) is 2.81. The Kier molecular flexibility index (Phi) is 3.37. The lowest BCUT2D eigenvalue weighted by Crippen LogP contribution is -2.38. The molecule has 1 saturated heterocycles. The number of nitrogens with zero attached hydrogens (tertiary/aromatic N) is 1. The number of piperidine rings is 1. The Morgan fingerprint density at radius 1 is 1.29 bits per heavy atom. The van der Waals surface area contributed by atoms with Crippen molar-refractivity contribution in [1.29, 1.82) is 0 Å². The zero-order valence-electron chi connectivity index (χ0n) is 9.65. The number of likely N-dealkylation sites (tertiary alicyclic amines) is 1. The van der Waals surface area contributed by atoms with E-state index in [0.29, 0.717) is 11.4 Å². The van der Waals surface area contributed by atoms with Gasteiger partial charge in [-0.2, -0.15) is 0 Å². The number of benzene rings is 1. The molecule has 92 valence electrons. The van der Waals surface area contributed by atoms with E-state index in [0.717, 1.165) is 25.9 Å². The van der Waals surface area contributed by atoms with Crippen molar-refractivity contribution in [3.8, 4) is 5.75 Å². The highest BCUT2D eigenvalue weighted by Crippen LogP contribution is 2.23. The number of rotatable bonds is 1. The zero-order valence-corrected chi connectivity index (χ0v) is 9.65. The highest BCUT2D eigenvalue weighted by molar-refractivity contribution is 5.92. The van der Waals surface area contributed by atoms with Gasteiger partial charge in [-0.3, -0.25) is 0 Å². The van der Waals surface area contributed by atoms with Crippen LogP contribution in [0.5, 0.6) is 5.75 Å². The first-order valence-electron chi connectivity index (χ1n) is 5.81. The third-order valence-electron chi connectivity index (χ3n) is 2.92. The van der Waals surface area contributed by atoms with Gasteiger partial charge in [0.2, 0.25) is 0 Å². The number of urea groups is 1. The number of nitrogens with one attached hydrogen (secondary N) is 1. The first-order chi connectivity index (χ1) is 8.16. The van der Waals surface area contributed by atoms with Crippen LogP contribution in [0.3, 0.4) is 0 Å². The molecule has 1 fully saturated rings. The van der Waals surface area contributed by atoms with Crippen molar-refractivity contribution in [2.75, 3.05) is 24.1 Å². The minimum Gasteiger partial charge on any atom is -0.508 e. The van der Waals surface area contributed by atoms with Crippen LogP contribution in [0, 0.1) is 0 Å². The van der Waals surface area contributed by atoms with Gasteiger partial charge in [0, 0.05) is 19.2 Å². The second-order valence-electron chi connectivity index (χ2n) is 4.25. The summed E-state index contributed by atoms with van der Waals surface area (Å²) in [7, 11) is 0. The van der Waals surface area contributed by atoms with Crippen LogP contribution in [0.1, 0.15) is 19.3 Å². The van der Waals surface area contributed by atoms with Crippen LogP contribution in [0.2, 0.25) is 0 Å². The number of nitrogens with two attached hydrogens (primary N) is 1. The van der Waals surface area contributed by atoms with Crippen LogP contribution in [0.25, 0.3) is 0 Å². The van der Waals surface area contributed by atoms with E-state index in [1.54, 1.807) is 11.0 Å². The Hall–Kier alpha value is -1.91. The molecular formula is C12H17N3O2. The average Bonchev–Trinajstić information content (AvgIpc) is 2.34. The van der Waals surface area contributed by atoms with E-state index >= 15 is 0 Å². The molecule has 0 spiro atoms. The number of phenols is 1. The van der Waals surface area contributed by atoms with Crippen molar-refractivity contribution in [3.05, 3.63) is 18.2 Å². The summed E-state index contributed by atoms with van der Waals surface area (Å²) >= 11 is 0. The Morgan fingerprint density at radius 2 is 2.00 bits per heavy atom. The molecule has 0 aliphatic carbocycles. The predicted octanol–water partition coefficient (Wildman–Crippen LogP) is 1.99. The quantitative estimate of drug-likeness (QED) is 0.514. The maximum Gasteiger partial charge on any atom is 0.321 e. The number of carbonyl (C=O) groups excluding carboxylic acids is 1. The van der Waals surface area contributed by atoms with Gasteiger partial charge in [0.05, 0.1) is 11.4 Å². The number of aromatic hydroxyl groups is 1. The summed E-state index contributed by atoms with van der Waals surface area (Å²) < 4.78 is 0. The molecule has 0 atom stereocenters.